The molecule has 150 valence electrons. The van der Waals surface area contributed by atoms with Crippen molar-refractivity contribution in [2.45, 2.75) is 33.7 Å². The third kappa shape index (κ3) is 4.81. The van der Waals surface area contributed by atoms with Gasteiger partial charge >= 0.3 is 0 Å². The molecule has 3 rings (SSSR count). The maximum atomic E-state index is 12.6. The molecule has 0 bridgehead atoms. The third-order valence-electron chi connectivity index (χ3n) is 4.61. The van der Waals surface area contributed by atoms with Gasteiger partial charge in [0.05, 0.1) is 5.69 Å². The first kappa shape index (κ1) is 20.5. The number of rotatable bonds is 6. The summed E-state index contributed by atoms with van der Waals surface area (Å²) >= 11 is 6.00. The second kappa shape index (κ2) is 8.87. The number of anilines is 2. The molecular formula is C21H22ClN5O2. The van der Waals surface area contributed by atoms with Crippen LogP contribution in [0.4, 0.5) is 11.4 Å². The molecule has 0 saturated carbocycles. The molecule has 0 fully saturated rings. The van der Waals surface area contributed by atoms with E-state index in [4.69, 9.17) is 11.6 Å². The molecule has 2 aromatic carbocycles. The Labute approximate surface area is 174 Å². The lowest BCUT2D eigenvalue weighted by Gasteiger charge is -2.10. The Hall–Kier alpha value is -3.19. The Morgan fingerprint density at radius 1 is 1.07 bits per heavy atom. The van der Waals surface area contributed by atoms with Crippen LogP contribution in [0.15, 0.2) is 42.5 Å². The largest absolute Gasteiger partial charge is 0.324 e. The van der Waals surface area contributed by atoms with Gasteiger partial charge in [0.1, 0.15) is 6.54 Å². The van der Waals surface area contributed by atoms with E-state index in [0.717, 1.165) is 23.2 Å². The van der Waals surface area contributed by atoms with Crippen molar-refractivity contribution >= 4 is 34.8 Å². The third-order valence-corrected chi connectivity index (χ3v) is 4.85. The summed E-state index contributed by atoms with van der Waals surface area (Å²) in [5, 5.41) is 14.1. The molecule has 0 atom stereocenters. The first-order chi connectivity index (χ1) is 13.9. The maximum Gasteiger partial charge on any atom is 0.278 e. The second-order valence-electron chi connectivity index (χ2n) is 6.65. The molecule has 0 aliphatic heterocycles. The number of hydrogen-bond acceptors (Lipinski definition) is 4. The minimum atomic E-state index is -0.407. The van der Waals surface area contributed by atoms with Crippen molar-refractivity contribution in [2.75, 3.05) is 10.6 Å². The van der Waals surface area contributed by atoms with Crippen molar-refractivity contribution < 1.29 is 9.59 Å². The van der Waals surface area contributed by atoms with E-state index in [0.29, 0.717) is 16.4 Å². The molecule has 0 saturated heterocycles. The number of carbonyl (C=O) groups excluding carboxylic acids is 2. The molecule has 1 aromatic heterocycles. The first-order valence-electron chi connectivity index (χ1n) is 9.24. The van der Waals surface area contributed by atoms with Crippen LogP contribution in [0.1, 0.15) is 34.2 Å². The van der Waals surface area contributed by atoms with Gasteiger partial charge in [-0.05, 0) is 49.6 Å². The number of para-hydroxylation sites is 1. The van der Waals surface area contributed by atoms with Crippen molar-refractivity contribution in [1.82, 2.24) is 15.0 Å². The van der Waals surface area contributed by atoms with Crippen LogP contribution in [0, 0.1) is 13.8 Å². The molecule has 8 heteroatoms. The van der Waals surface area contributed by atoms with Crippen LogP contribution in [-0.4, -0.2) is 26.8 Å². The fourth-order valence-electron chi connectivity index (χ4n) is 2.91. The summed E-state index contributed by atoms with van der Waals surface area (Å²) < 4.78 is 1.41. The average molecular weight is 412 g/mol. The predicted molar refractivity (Wildman–Crippen MR) is 113 cm³/mol. The molecular weight excluding hydrogens is 390 g/mol. The Morgan fingerprint density at radius 3 is 2.59 bits per heavy atom. The standard InChI is InChI=1S/C21H22ClN5O2/c1-4-15-7-5-6-8-17(15)23-19(28)12-27-14(3)20(25-26-27)21(29)24-18-11-16(22)10-9-13(18)2/h5-11H,4,12H2,1-3H3,(H,23,28)(H,24,29). The summed E-state index contributed by atoms with van der Waals surface area (Å²) in [6, 6.07) is 12.9. The molecule has 0 spiro atoms. The molecule has 7 nitrogen and oxygen atoms in total. The zero-order chi connectivity index (χ0) is 21.0. The fraction of sp³-hybridized carbons (Fsp3) is 0.238. The lowest BCUT2D eigenvalue weighted by molar-refractivity contribution is -0.117. The molecule has 29 heavy (non-hydrogen) atoms. The van der Waals surface area contributed by atoms with Gasteiger partial charge in [-0.15, -0.1) is 5.10 Å². The fourth-order valence-corrected chi connectivity index (χ4v) is 3.08. The highest BCUT2D eigenvalue weighted by Crippen LogP contribution is 2.21. The Kier molecular flexibility index (Phi) is 6.29. The SMILES string of the molecule is CCc1ccccc1NC(=O)Cn1nnc(C(=O)Nc2cc(Cl)ccc2C)c1C. The van der Waals surface area contributed by atoms with Crippen molar-refractivity contribution in [3.63, 3.8) is 0 Å². The zero-order valence-electron chi connectivity index (χ0n) is 16.5. The molecule has 2 amide bonds. The summed E-state index contributed by atoms with van der Waals surface area (Å²) in [5.74, 6) is -0.646. The van der Waals surface area contributed by atoms with Gasteiger partial charge in [0.15, 0.2) is 5.69 Å². The van der Waals surface area contributed by atoms with E-state index in [1.165, 1.54) is 4.68 Å². The highest BCUT2D eigenvalue weighted by molar-refractivity contribution is 6.31. The highest BCUT2D eigenvalue weighted by atomic mass is 35.5. The number of benzene rings is 2. The molecule has 2 N–H and O–H groups in total. The number of carbonyl (C=O) groups is 2. The molecule has 0 radical (unpaired) electrons. The van der Waals surface area contributed by atoms with Crippen LogP contribution in [-0.2, 0) is 17.8 Å². The number of halogens is 1. The minimum absolute atomic E-state index is 0.0413. The number of nitrogens with zero attached hydrogens (tertiary/aromatic N) is 3. The van der Waals surface area contributed by atoms with E-state index >= 15 is 0 Å². The maximum absolute atomic E-state index is 12.6. The molecule has 0 unspecified atom stereocenters. The summed E-state index contributed by atoms with van der Waals surface area (Å²) in [5.41, 5.74) is 3.96. The molecule has 0 aliphatic rings. The Morgan fingerprint density at radius 2 is 1.83 bits per heavy atom. The van der Waals surface area contributed by atoms with Crippen LogP contribution < -0.4 is 10.6 Å². The van der Waals surface area contributed by atoms with Gasteiger partial charge in [-0.25, -0.2) is 4.68 Å². The van der Waals surface area contributed by atoms with E-state index in [-0.39, 0.29) is 18.1 Å². The van der Waals surface area contributed by atoms with Crippen LogP contribution >= 0.6 is 11.6 Å². The van der Waals surface area contributed by atoms with Gasteiger partial charge < -0.3 is 10.6 Å². The van der Waals surface area contributed by atoms with Crippen LogP contribution in [0.25, 0.3) is 0 Å². The number of nitrogens with one attached hydrogen (secondary N) is 2. The Balaban J connectivity index is 1.71. The van der Waals surface area contributed by atoms with Gasteiger partial charge in [-0.1, -0.05) is 48.0 Å². The van der Waals surface area contributed by atoms with Crippen molar-refractivity contribution in [3.8, 4) is 0 Å². The van der Waals surface area contributed by atoms with E-state index in [1.807, 2.05) is 44.2 Å². The zero-order valence-corrected chi connectivity index (χ0v) is 17.2. The van der Waals surface area contributed by atoms with Gasteiger partial charge in [0.2, 0.25) is 5.91 Å². The normalized spacial score (nSPS) is 10.6. The predicted octanol–water partition coefficient (Wildman–Crippen LogP) is 4.00. The van der Waals surface area contributed by atoms with Crippen LogP contribution in [0.2, 0.25) is 5.02 Å². The van der Waals surface area contributed by atoms with Crippen LogP contribution in [0.3, 0.4) is 0 Å². The summed E-state index contributed by atoms with van der Waals surface area (Å²) in [6.45, 7) is 5.56. The topological polar surface area (TPSA) is 88.9 Å². The van der Waals surface area contributed by atoms with E-state index in [2.05, 4.69) is 20.9 Å². The van der Waals surface area contributed by atoms with Gasteiger partial charge in [-0.2, -0.15) is 0 Å². The second-order valence-corrected chi connectivity index (χ2v) is 7.09. The van der Waals surface area contributed by atoms with Crippen LogP contribution in [0.5, 0.6) is 0 Å². The number of hydrogen-bond donors (Lipinski definition) is 2. The number of amides is 2. The first-order valence-corrected chi connectivity index (χ1v) is 9.62. The number of aromatic nitrogens is 3. The van der Waals surface area contributed by atoms with Crippen molar-refractivity contribution in [1.29, 1.82) is 0 Å². The lowest BCUT2D eigenvalue weighted by Crippen LogP contribution is -2.21. The Bertz CT molecular complexity index is 1060. The van der Waals surface area contributed by atoms with Gasteiger partial charge in [-0.3, -0.25) is 9.59 Å². The molecule has 1 heterocycles. The minimum Gasteiger partial charge on any atom is -0.324 e. The monoisotopic (exact) mass is 411 g/mol. The van der Waals surface area contributed by atoms with Crippen molar-refractivity contribution in [2.24, 2.45) is 0 Å². The highest BCUT2D eigenvalue weighted by Gasteiger charge is 2.19. The molecule has 3 aromatic rings. The summed E-state index contributed by atoms with van der Waals surface area (Å²) in [7, 11) is 0. The quantitative estimate of drug-likeness (QED) is 0.641. The van der Waals surface area contributed by atoms with Crippen molar-refractivity contribution in [3.05, 3.63) is 70.0 Å². The van der Waals surface area contributed by atoms with Gasteiger partial charge in [0, 0.05) is 16.4 Å². The van der Waals surface area contributed by atoms with E-state index in [1.54, 1.807) is 19.1 Å². The lowest BCUT2D eigenvalue weighted by atomic mass is 10.1. The summed E-state index contributed by atoms with van der Waals surface area (Å²) in [4.78, 5) is 25.0. The number of aryl methyl sites for hydroxylation is 2. The van der Waals surface area contributed by atoms with E-state index in [9.17, 15) is 9.59 Å². The van der Waals surface area contributed by atoms with E-state index < -0.39 is 5.91 Å². The molecule has 0 aliphatic carbocycles. The smallest absolute Gasteiger partial charge is 0.278 e. The van der Waals surface area contributed by atoms with Gasteiger partial charge in [0.25, 0.3) is 5.91 Å². The summed E-state index contributed by atoms with van der Waals surface area (Å²) in [6.07, 6.45) is 0.812. The average Bonchev–Trinajstić information content (AvgIpc) is 3.05.